The molecule has 364 valence electrons. The molecule has 0 bridgehead atoms. The van der Waals surface area contributed by atoms with Gasteiger partial charge in [-0.3, -0.25) is 33.6 Å². The first-order chi connectivity index (χ1) is 32.8. The fraction of sp³-hybridized carbons (Fsp3) is 0.521. The topological polar surface area (TPSA) is 292 Å². The van der Waals surface area contributed by atoms with Crippen LogP contribution in [-0.2, 0) is 46.4 Å². The summed E-state index contributed by atoms with van der Waals surface area (Å²) in [6.45, 7) is 2.29. The summed E-state index contributed by atoms with van der Waals surface area (Å²) in [6.07, 6.45) is 7.21. The van der Waals surface area contributed by atoms with Crippen LogP contribution in [-0.4, -0.2) is 117 Å². The van der Waals surface area contributed by atoms with Crippen molar-refractivity contribution in [2.75, 3.05) is 19.6 Å². The lowest BCUT2D eigenvalue weighted by molar-refractivity contribution is -0.144. The molecule has 2 aromatic heterocycles. The first kappa shape index (κ1) is 49.6. The van der Waals surface area contributed by atoms with Gasteiger partial charge in [-0.05, 0) is 85.4 Å². The summed E-state index contributed by atoms with van der Waals surface area (Å²) in [5, 5.41) is 25.8. The number of nitrogens with two attached hydrogens (primary N) is 3. The maximum absolute atomic E-state index is 15.3. The SMILES string of the molecule is CCc1ccc(-c2cn([C@H]3C[C@H]4C(=O)N[C@@H](Cc5csc6ccccc56)C(=O)N[C@H](C(N)=O)CCCCNC(=O)C[C@H](N)C(=O)N[C@@H](CCN)C(=O)N[C@@H](C5CCCCC5)C(=O)N4C3)nn2)cc1. The van der Waals surface area contributed by atoms with E-state index in [1.54, 1.807) is 10.9 Å². The molecule has 7 amide bonds. The van der Waals surface area contributed by atoms with Crippen molar-refractivity contribution in [2.24, 2.45) is 23.1 Å². The lowest BCUT2D eigenvalue weighted by atomic mass is 9.83. The first-order valence-corrected chi connectivity index (χ1v) is 24.7. The number of primary amides is 1. The second kappa shape index (κ2) is 23.2. The zero-order chi connectivity index (χ0) is 48.3. The maximum atomic E-state index is 15.3. The lowest BCUT2D eigenvalue weighted by Crippen LogP contribution is -2.61. The van der Waals surface area contributed by atoms with E-state index in [2.05, 4.69) is 43.8 Å². The van der Waals surface area contributed by atoms with Crippen LogP contribution in [0.3, 0.4) is 0 Å². The van der Waals surface area contributed by atoms with Gasteiger partial charge < -0.3 is 48.7 Å². The molecule has 20 heteroatoms. The zero-order valence-electron chi connectivity index (χ0n) is 38.5. The van der Waals surface area contributed by atoms with Gasteiger partial charge in [0.05, 0.1) is 24.7 Å². The molecule has 1 aliphatic carbocycles. The molecule has 0 unspecified atom stereocenters. The molecule has 2 aliphatic heterocycles. The van der Waals surface area contributed by atoms with Crippen molar-refractivity contribution in [2.45, 2.75) is 133 Å². The van der Waals surface area contributed by atoms with Gasteiger partial charge >= 0.3 is 0 Å². The molecule has 4 heterocycles. The predicted octanol–water partition coefficient (Wildman–Crippen LogP) is 1.48. The minimum atomic E-state index is -1.30. The van der Waals surface area contributed by atoms with Gasteiger partial charge in [0.2, 0.25) is 41.4 Å². The van der Waals surface area contributed by atoms with Crippen LogP contribution in [0.2, 0.25) is 0 Å². The number of hydrogen-bond donors (Lipinski definition) is 8. The van der Waals surface area contributed by atoms with Crippen LogP contribution in [0.1, 0.15) is 94.7 Å². The zero-order valence-corrected chi connectivity index (χ0v) is 39.3. The summed E-state index contributed by atoms with van der Waals surface area (Å²) < 4.78 is 2.63. The number of thiophene rings is 1. The number of benzene rings is 2. The molecule has 2 saturated heterocycles. The Kier molecular flexibility index (Phi) is 16.9. The van der Waals surface area contributed by atoms with Crippen LogP contribution in [0, 0.1) is 5.92 Å². The summed E-state index contributed by atoms with van der Waals surface area (Å²) in [7, 11) is 0. The Bertz CT molecular complexity index is 2440. The van der Waals surface area contributed by atoms with Crippen LogP contribution in [0.5, 0.6) is 0 Å². The quantitative estimate of drug-likeness (QED) is 0.119. The van der Waals surface area contributed by atoms with Crippen LogP contribution in [0.4, 0.5) is 0 Å². The minimum Gasteiger partial charge on any atom is -0.368 e. The van der Waals surface area contributed by atoms with E-state index in [0.717, 1.165) is 46.9 Å². The highest BCUT2D eigenvalue weighted by atomic mass is 32.1. The Hall–Kier alpha value is -6.25. The van der Waals surface area contributed by atoms with Gasteiger partial charge in [0.1, 0.15) is 35.9 Å². The number of rotatable bonds is 9. The number of hydrogen-bond acceptors (Lipinski definition) is 12. The van der Waals surface area contributed by atoms with Crippen LogP contribution in [0.25, 0.3) is 21.3 Å². The Morgan fingerprint density at radius 1 is 0.838 bits per heavy atom. The van der Waals surface area contributed by atoms with Gasteiger partial charge in [-0.1, -0.05) is 73.9 Å². The molecule has 2 aromatic carbocycles. The van der Waals surface area contributed by atoms with E-state index < -0.39 is 83.6 Å². The third-order valence-corrected chi connectivity index (χ3v) is 14.5. The van der Waals surface area contributed by atoms with E-state index >= 15 is 9.59 Å². The largest absolute Gasteiger partial charge is 0.368 e. The average Bonchev–Trinajstić information content (AvgIpc) is 4.12. The van der Waals surface area contributed by atoms with E-state index in [4.69, 9.17) is 17.2 Å². The predicted molar refractivity (Wildman–Crippen MR) is 256 cm³/mol. The highest BCUT2D eigenvalue weighted by Crippen LogP contribution is 2.34. The first-order valence-electron chi connectivity index (χ1n) is 23.8. The number of fused-ring (bicyclic) bond motifs is 2. The van der Waals surface area contributed by atoms with Crippen molar-refractivity contribution in [3.63, 3.8) is 0 Å². The van der Waals surface area contributed by atoms with Gasteiger partial charge in [0.25, 0.3) is 0 Å². The monoisotopic (exact) mass is 952 g/mol. The summed E-state index contributed by atoms with van der Waals surface area (Å²) in [5.41, 5.74) is 21.3. The van der Waals surface area contributed by atoms with Gasteiger partial charge in [0, 0.05) is 36.2 Å². The van der Waals surface area contributed by atoms with Crippen molar-refractivity contribution in [1.29, 1.82) is 0 Å². The Labute approximate surface area is 399 Å². The van der Waals surface area contributed by atoms with Gasteiger partial charge in [-0.25, -0.2) is 4.68 Å². The van der Waals surface area contributed by atoms with E-state index in [1.807, 2.05) is 53.9 Å². The Balaban J connectivity index is 1.26. The third-order valence-electron chi connectivity index (χ3n) is 13.4. The summed E-state index contributed by atoms with van der Waals surface area (Å²) in [4.78, 5) is 99.5. The molecule has 1 saturated carbocycles. The average molecular weight is 953 g/mol. The second-order valence-electron chi connectivity index (χ2n) is 18.2. The molecule has 19 nitrogen and oxygen atoms in total. The molecule has 68 heavy (non-hydrogen) atoms. The lowest BCUT2D eigenvalue weighted by Gasteiger charge is -2.35. The highest BCUT2D eigenvalue weighted by Gasteiger charge is 2.46. The Morgan fingerprint density at radius 2 is 1.56 bits per heavy atom. The van der Waals surface area contributed by atoms with Gasteiger partial charge in [-0.2, -0.15) is 0 Å². The van der Waals surface area contributed by atoms with Crippen molar-refractivity contribution in [1.82, 2.24) is 46.5 Å². The number of carbonyl (C=O) groups excluding carboxylic acids is 7. The summed E-state index contributed by atoms with van der Waals surface area (Å²) >= 11 is 1.50. The fourth-order valence-corrected chi connectivity index (χ4v) is 10.5. The van der Waals surface area contributed by atoms with Gasteiger partial charge in [0.15, 0.2) is 0 Å². The van der Waals surface area contributed by atoms with E-state index in [9.17, 15) is 24.0 Å². The van der Waals surface area contributed by atoms with Crippen LogP contribution in [0.15, 0.2) is 60.1 Å². The molecule has 3 fully saturated rings. The Morgan fingerprint density at radius 3 is 2.29 bits per heavy atom. The molecular formula is C48H64N12O7S. The normalized spacial score (nSPS) is 25.8. The smallest absolute Gasteiger partial charge is 0.246 e. The fourth-order valence-electron chi connectivity index (χ4n) is 9.50. The number of carbonyl (C=O) groups is 7. The molecule has 4 aromatic rings. The second-order valence-corrected chi connectivity index (χ2v) is 19.1. The summed E-state index contributed by atoms with van der Waals surface area (Å²) in [5.74, 6) is -4.75. The number of aromatic nitrogens is 3. The van der Waals surface area contributed by atoms with E-state index in [1.165, 1.54) is 21.8 Å². The summed E-state index contributed by atoms with van der Waals surface area (Å²) in [6, 6.07) is 8.11. The molecule has 7 atom stereocenters. The van der Waals surface area contributed by atoms with Crippen LogP contribution < -0.4 is 43.8 Å². The highest BCUT2D eigenvalue weighted by molar-refractivity contribution is 7.17. The molecule has 0 spiro atoms. The van der Waals surface area contributed by atoms with Crippen molar-refractivity contribution < 1.29 is 33.6 Å². The standard InChI is InChI=1S/C48H64N12O7S/c1-2-28-15-17-29(18-16-28)38-26-60(58-57-38)32-23-39-47(66)55-37(22-31-27-68-40-14-7-6-12-33(31)40)46(65)53-35(43(51)62)13-8-9-21-52-41(61)24-34(50)44(63)54-36(19-20-49)45(64)56-42(48(67)59(39)25-32)30-10-4-3-5-11-30/h6-7,12,14-18,26-27,30,32,34-37,39,42H,2-5,8-11,13,19-25,49-50H2,1H3,(H2,51,62)(H,52,61)(H,53,65)(H,54,63)(H,55,66)(H,56,64)/t32-,34-,35-,36-,37-,39-,42-/m0/s1. The van der Waals surface area contributed by atoms with Crippen molar-refractivity contribution >= 4 is 62.8 Å². The third kappa shape index (κ3) is 12.3. The molecule has 3 aliphatic rings. The minimum absolute atomic E-state index is 0.0152. The van der Waals surface area contributed by atoms with Crippen molar-refractivity contribution in [3.05, 3.63) is 71.2 Å². The number of aryl methyl sites for hydroxylation is 1. The molecule has 7 rings (SSSR count). The number of nitrogens with one attached hydrogen (secondary N) is 5. The molecular weight excluding hydrogens is 889 g/mol. The van der Waals surface area contributed by atoms with Crippen molar-refractivity contribution in [3.8, 4) is 11.3 Å². The molecule has 0 radical (unpaired) electrons. The van der Waals surface area contributed by atoms with E-state index in [0.29, 0.717) is 31.4 Å². The van der Waals surface area contributed by atoms with Crippen LogP contribution >= 0.6 is 11.3 Å². The number of nitrogens with zero attached hydrogens (tertiary/aromatic N) is 4. The maximum Gasteiger partial charge on any atom is 0.246 e. The van der Waals surface area contributed by atoms with E-state index in [-0.39, 0.29) is 57.7 Å². The van der Waals surface area contributed by atoms with Gasteiger partial charge in [-0.15, -0.1) is 16.4 Å². The molecule has 11 N–H and O–H groups in total. The number of amides is 7.